The third-order valence-corrected chi connectivity index (χ3v) is 8.95. The number of nitrogens with zero attached hydrogens (tertiary/aromatic N) is 6. The summed E-state index contributed by atoms with van der Waals surface area (Å²) < 4.78 is 53.0. The van der Waals surface area contributed by atoms with Crippen molar-refractivity contribution in [2.24, 2.45) is 9.98 Å². The molecule has 60 heavy (non-hydrogen) atoms. The maximum absolute atomic E-state index is 9.75. The van der Waals surface area contributed by atoms with Crippen LogP contribution in [0.4, 0.5) is 17.3 Å². The van der Waals surface area contributed by atoms with Crippen LogP contribution in [0.5, 0.6) is 11.5 Å². The highest BCUT2D eigenvalue weighted by atomic mass is 19.5. The van der Waals surface area contributed by atoms with Crippen molar-refractivity contribution in [3.8, 4) is 34.0 Å². The molecule has 1 aliphatic rings. The number of hydrogen-bond donors (Lipinski definition) is 0. The number of rotatable bonds is 5. The van der Waals surface area contributed by atoms with Crippen LogP contribution in [0, 0.1) is 20.8 Å². The van der Waals surface area contributed by atoms with E-state index >= 15 is 0 Å². The van der Waals surface area contributed by atoms with Crippen molar-refractivity contribution < 1.29 is 31.3 Å². The Balaban J connectivity index is 0.000000179. The zero-order valence-corrected chi connectivity index (χ0v) is 34.0. The molecule has 6 aromatic carbocycles. The van der Waals surface area contributed by atoms with Crippen molar-refractivity contribution in [2.45, 2.75) is 20.8 Å². The number of methoxy groups -OCH3 is 2. The maximum Gasteiger partial charge on any atom is 0.673 e. The van der Waals surface area contributed by atoms with Gasteiger partial charge in [-0.25, -0.2) is 14.7 Å². The van der Waals surface area contributed by atoms with Crippen molar-refractivity contribution in [2.75, 3.05) is 20.8 Å². The molecule has 0 N–H and O–H groups in total. The average Bonchev–Trinajstić information content (AvgIpc) is 4.03. The van der Waals surface area contributed by atoms with Crippen molar-refractivity contribution >= 4 is 41.6 Å². The summed E-state index contributed by atoms with van der Waals surface area (Å²) in [7, 11) is -2.69. The first-order valence-electron chi connectivity index (χ1n) is 18.9. The van der Waals surface area contributed by atoms with Crippen molar-refractivity contribution in [3.05, 3.63) is 175 Å². The molecule has 3 heterocycles. The van der Waals surface area contributed by atoms with Crippen LogP contribution in [0.25, 0.3) is 44.3 Å². The van der Waals surface area contributed by atoms with Gasteiger partial charge in [-0.1, -0.05) is 78.4 Å². The molecule has 2 aromatic heterocycles. The molecule has 306 valence electrons. The van der Waals surface area contributed by atoms with Gasteiger partial charge in [0.15, 0.2) is 0 Å². The predicted octanol–water partition coefficient (Wildman–Crippen LogP) is 11.2. The van der Waals surface area contributed by atoms with E-state index in [0.29, 0.717) is 0 Å². The fourth-order valence-electron chi connectivity index (χ4n) is 6.60. The first-order chi connectivity index (χ1) is 29.0. The number of para-hydroxylation sites is 4. The number of halogens is 4. The van der Waals surface area contributed by atoms with Gasteiger partial charge in [-0.2, -0.15) is 9.67 Å². The summed E-state index contributed by atoms with van der Waals surface area (Å²) in [6.45, 7) is 7.42. The van der Waals surface area contributed by atoms with Crippen molar-refractivity contribution in [1.29, 1.82) is 0 Å². The maximum atomic E-state index is 9.75. The molecular weight excluding hydrogens is 767 g/mol. The number of aliphatic imine (C=N–C) groups is 2. The lowest BCUT2D eigenvalue weighted by Gasteiger charge is -2.16. The third-order valence-electron chi connectivity index (χ3n) is 8.95. The summed E-state index contributed by atoms with van der Waals surface area (Å²) in [6.07, 6.45) is 6.48. The SMILES string of the molecule is C1=NC=NC1.COc1ccc(-n2cncn2)cc1.COc1ccccc1.Cc1cc(C)c(-c2c3ccccc3[n+](-c3ccccc3)c3ccccc23)c(C)c1.F[B-](F)(F)F. The van der Waals surface area contributed by atoms with Gasteiger partial charge in [-0.05, 0) is 86.0 Å². The molecule has 0 saturated heterocycles. The lowest BCUT2D eigenvalue weighted by molar-refractivity contribution is -0.537. The van der Waals surface area contributed by atoms with Gasteiger partial charge < -0.3 is 26.7 Å². The Kier molecular flexibility index (Phi) is 15.8. The molecule has 0 spiro atoms. The van der Waals surface area contributed by atoms with E-state index in [9.17, 15) is 17.3 Å². The van der Waals surface area contributed by atoms with Gasteiger partial charge in [0.25, 0.3) is 0 Å². The number of aromatic nitrogens is 4. The van der Waals surface area contributed by atoms with E-state index in [1.807, 2.05) is 54.6 Å². The summed E-state index contributed by atoms with van der Waals surface area (Å²) in [4.78, 5) is 11.3. The molecule has 8 nitrogen and oxygen atoms in total. The second-order valence-electron chi connectivity index (χ2n) is 13.2. The van der Waals surface area contributed by atoms with Crippen LogP contribution >= 0.6 is 0 Å². The molecule has 0 bridgehead atoms. The highest BCUT2D eigenvalue weighted by molar-refractivity contribution is 6.50. The summed E-state index contributed by atoms with van der Waals surface area (Å²) in [5.74, 6) is 1.75. The van der Waals surface area contributed by atoms with Crippen molar-refractivity contribution in [1.82, 2.24) is 14.8 Å². The number of fused-ring (bicyclic) bond motifs is 2. The molecule has 0 fully saturated rings. The van der Waals surface area contributed by atoms with E-state index in [1.165, 1.54) is 61.6 Å². The van der Waals surface area contributed by atoms with Crippen LogP contribution in [0.2, 0.25) is 0 Å². The van der Waals surface area contributed by atoms with Gasteiger partial charge in [0.05, 0.1) is 37.2 Å². The zero-order chi connectivity index (χ0) is 42.9. The quantitative estimate of drug-likeness (QED) is 0.0750. The van der Waals surface area contributed by atoms with Crippen LogP contribution in [-0.4, -0.2) is 55.3 Å². The van der Waals surface area contributed by atoms with Crippen LogP contribution in [0.15, 0.2) is 168 Å². The fourth-order valence-corrected chi connectivity index (χ4v) is 6.60. The van der Waals surface area contributed by atoms with E-state index < -0.39 is 7.25 Å². The second kappa shape index (κ2) is 21.6. The topological polar surface area (TPSA) is 77.8 Å². The average molecular weight is 813 g/mol. The van der Waals surface area contributed by atoms with Crippen molar-refractivity contribution in [3.63, 3.8) is 0 Å². The van der Waals surface area contributed by atoms with Gasteiger partial charge in [-0.15, -0.1) is 0 Å². The molecule has 9 rings (SSSR count). The Bertz CT molecular complexity index is 2530. The van der Waals surface area contributed by atoms with Gasteiger partial charge in [0, 0.05) is 36.0 Å². The van der Waals surface area contributed by atoms with Crippen LogP contribution in [-0.2, 0) is 0 Å². The fraction of sp³-hybridized carbons (Fsp3) is 0.128. The van der Waals surface area contributed by atoms with Crippen LogP contribution < -0.4 is 14.0 Å². The number of pyridine rings is 1. The van der Waals surface area contributed by atoms with E-state index in [2.05, 4.69) is 136 Å². The lowest BCUT2D eigenvalue weighted by Crippen LogP contribution is -2.33. The molecule has 0 unspecified atom stereocenters. The molecule has 8 aromatic rings. The molecule has 13 heteroatoms. The molecule has 0 atom stereocenters. The number of aryl methyl sites for hydroxylation is 3. The first kappa shape index (κ1) is 44.0. The zero-order valence-electron chi connectivity index (χ0n) is 34.0. The minimum Gasteiger partial charge on any atom is -0.497 e. The molecule has 0 radical (unpaired) electrons. The first-order valence-corrected chi connectivity index (χ1v) is 18.9. The minimum atomic E-state index is -6.00. The van der Waals surface area contributed by atoms with E-state index in [-0.39, 0.29) is 0 Å². The number of hydrogen-bond acceptors (Lipinski definition) is 6. The summed E-state index contributed by atoms with van der Waals surface area (Å²) >= 11 is 0. The van der Waals surface area contributed by atoms with Gasteiger partial charge in [-0.3, -0.25) is 4.99 Å². The highest BCUT2D eigenvalue weighted by Crippen LogP contribution is 2.38. The van der Waals surface area contributed by atoms with Gasteiger partial charge in [0.1, 0.15) is 30.5 Å². The van der Waals surface area contributed by atoms with Crippen LogP contribution in [0.3, 0.4) is 0 Å². The second-order valence-corrected chi connectivity index (χ2v) is 13.2. The standard InChI is InChI=1S/C28H24N.C9H9N3O.C7H8O.C3H4N2.BF4/c1-19-17-20(2)27(21(3)18-19)28-23-13-7-9-15-25(23)29(22-11-5-4-6-12-22)26-16-10-8-14-24(26)28;1-13-9-4-2-8(3-5-9)12-7-10-6-11-12;1-8-7-5-3-2-4-6-7;1-2-5-3-4-1;2-1(3,4)5/h4-18H,1-3H3;2-7H,1H3;2-6H,1H3;1,3H,2H2;/q+1;;;;-1. The van der Waals surface area contributed by atoms with E-state index in [1.54, 1.807) is 37.8 Å². The largest absolute Gasteiger partial charge is 0.673 e. The van der Waals surface area contributed by atoms with Gasteiger partial charge >= 0.3 is 7.25 Å². The highest BCUT2D eigenvalue weighted by Gasteiger charge is 2.24. The Morgan fingerprint density at radius 3 is 1.55 bits per heavy atom. The normalized spacial score (nSPS) is 11.2. The summed E-state index contributed by atoms with van der Waals surface area (Å²) in [5.41, 5.74) is 11.3. The lowest BCUT2D eigenvalue weighted by atomic mass is 9.89. The van der Waals surface area contributed by atoms with Crippen LogP contribution in [0.1, 0.15) is 16.7 Å². The summed E-state index contributed by atoms with van der Waals surface area (Å²) in [6, 6.07) is 50.1. The molecular formula is C47H45BF4N6O2. The van der Waals surface area contributed by atoms with E-state index in [4.69, 9.17) is 9.47 Å². The monoisotopic (exact) mass is 812 g/mol. The number of benzene rings is 6. The molecule has 0 amide bonds. The Morgan fingerprint density at radius 2 is 1.12 bits per heavy atom. The minimum absolute atomic E-state index is 0.778. The molecule has 0 saturated carbocycles. The number of ether oxygens (including phenoxy) is 2. The molecule has 1 aliphatic heterocycles. The Morgan fingerprint density at radius 1 is 0.617 bits per heavy atom. The summed E-state index contributed by atoms with van der Waals surface area (Å²) in [5, 5.41) is 6.57. The van der Waals surface area contributed by atoms with E-state index in [0.717, 1.165) is 23.7 Å². The third kappa shape index (κ3) is 12.4. The molecule has 0 aliphatic carbocycles. The Hall–Kier alpha value is -7.15. The Labute approximate surface area is 347 Å². The van der Waals surface area contributed by atoms with Gasteiger partial charge in [0.2, 0.25) is 16.7 Å². The predicted molar refractivity (Wildman–Crippen MR) is 236 cm³/mol. The smallest absolute Gasteiger partial charge is 0.497 e.